The van der Waals surface area contributed by atoms with Crippen LogP contribution in [0.3, 0.4) is 0 Å². The summed E-state index contributed by atoms with van der Waals surface area (Å²) in [5, 5.41) is 6.79. The minimum atomic E-state index is -4.60. The van der Waals surface area contributed by atoms with Crippen molar-refractivity contribution in [1.29, 1.82) is 0 Å². The molecule has 0 spiro atoms. The quantitative estimate of drug-likeness (QED) is 0.662. The molecule has 0 atom stereocenters. The molecule has 0 radical (unpaired) electrons. The Morgan fingerprint density at radius 2 is 1.65 bits per heavy atom. The maximum absolute atomic E-state index is 12.9. The number of anilines is 1. The Labute approximate surface area is 177 Å². The fourth-order valence-electron chi connectivity index (χ4n) is 3.01. The Hall–Kier alpha value is -3.36. The Morgan fingerprint density at radius 3 is 2.26 bits per heavy atom. The van der Waals surface area contributed by atoms with E-state index in [-0.39, 0.29) is 5.41 Å². The normalized spacial score (nSPS) is 12.1. The van der Waals surface area contributed by atoms with Gasteiger partial charge in [0.1, 0.15) is 12.4 Å². The number of carbonyl (C=O) groups is 1. The SMILES string of the molecule is CC(C)(C)c1ccc(Cn2nccc2NC(=O)Cn2cc(C(F)(F)F)ccc2=O)cc1. The highest BCUT2D eigenvalue weighted by Gasteiger charge is 2.31. The zero-order valence-corrected chi connectivity index (χ0v) is 17.4. The molecule has 1 amide bonds. The van der Waals surface area contributed by atoms with Crippen molar-refractivity contribution in [2.75, 3.05) is 5.32 Å². The molecule has 2 aromatic heterocycles. The highest BCUT2D eigenvalue weighted by Crippen LogP contribution is 2.28. The lowest BCUT2D eigenvalue weighted by atomic mass is 9.87. The van der Waals surface area contributed by atoms with Crippen molar-refractivity contribution < 1.29 is 18.0 Å². The van der Waals surface area contributed by atoms with Crippen molar-refractivity contribution in [3.8, 4) is 0 Å². The van der Waals surface area contributed by atoms with Gasteiger partial charge < -0.3 is 9.88 Å². The van der Waals surface area contributed by atoms with Crippen molar-refractivity contribution in [2.45, 2.75) is 45.5 Å². The highest BCUT2D eigenvalue weighted by molar-refractivity contribution is 5.89. The Kier molecular flexibility index (Phi) is 6.06. The molecule has 1 N–H and O–H groups in total. The minimum Gasteiger partial charge on any atom is -0.309 e. The summed E-state index contributed by atoms with van der Waals surface area (Å²) >= 11 is 0. The third kappa shape index (κ3) is 5.62. The molecule has 2 heterocycles. The third-order valence-electron chi connectivity index (χ3n) is 4.76. The molecule has 1 aromatic carbocycles. The van der Waals surface area contributed by atoms with Crippen LogP contribution in [0.1, 0.15) is 37.5 Å². The van der Waals surface area contributed by atoms with Gasteiger partial charge in [-0.25, -0.2) is 4.68 Å². The number of hydrogen-bond acceptors (Lipinski definition) is 3. The molecular weight excluding hydrogens is 409 g/mol. The van der Waals surface area contributed by atoms with Crippen LogP contribution >= 0.6 is 0 Å². The van der Waals surface area contributed by atoms with Gasteiger partial charge >= 0.3 is 6.18 Å². The van der Waals surface area contributed by atoms with Crippen molar-refractivity contribution in [3.05, 3.63) is 81.9 Å². The smallest absolute Gasteiger partial charge is 0.309 e. The van der Waals surface area contributed by atoms with Crippen LogP contribution in [0.25, 0.3) is 0 Å². The van der Waals surface area contributed by atoms with E-state index in [2.05, 4.69) is 31.2 Å². The molecule has 3 aromatic rings. The number of carbonyl (C=O) groups excluding carboxylic acids is 1. The van der Waals surface area contributed by atoms with Gasteiger partial charge in [-0.15, -0.1) is 0 Å². The first kappa shape index (κ1) is 22.3. The van der Waals surface area contributed by atoms with E-state index in [4.69, 9.17) is 0 Å². The topological polar surface area (TPSA) is 68.9 Å². The maximum atomic E-state index is 12.9. The van der Waals surface area contributed by atoms with Crippen LogP contribution in [-0.4, -0.2) is 20.3 Å². The van der Waals surface area contributed by atoms with Crippen molar-refractivity contribution in [1.82, 2.24) is 14.3 Å². The molecule has 0 bridgehead atoms. The van der Waals surface area contributed by atoms with Gasteiger partial charge in [0.15, 0.2) is 0 Å². The van der Waals surface area contributed by atoms with Crippen LogP contribution in [0.5, 0.6) is 0 Å². The summed E-state index contributed by atoms with van der Waals surface area (Å²) in [5.41, 5.74) is 0.502. The van der Waals surface area contributed by atoms with Crippen molar-refractivity contribution >= 4 is 11.7 Å². The first-order valence-electron chi connectivity index (χ1n) is 9.62. The lowest BCUT2D eigenvalue weighted by molar-refractivity contribution is -0.138. The van der Waals surface area contributed by atoms with Crippen LogP contribution < -0.4 is 10.9 Å². The lowest BCUT2D eigenvalue weighted by Crippen LogP contribution is -2.28. The Morgan fingerprint density at radius 1 is 1.00 bits per heavy atom. The summed E-state index contributed by atoms with van der Waals surface area (Å²) < 4.78 is 40.9. The van der Waals surface area contributed by atoms with Gasteiger partial charge in [0.05, 0.1) is 18.3 Å². The number of rotatable bonds is 5. The van der Waals surface area contributed by atoms with Crippen LogP contribution in [0.4, 0.5) is 19.0 Å². The summed E-state index contributed by atoms with van der Waals surface area (Å²) in [6, 6.07) is 11.1. The zero-order valence-electron chi connectivity index (χ0n) is 17.4. The molecule has 0 aliphatic heterocycles. The van der Waals surface area contributed by atoms with E-state index in [0.29, 0.717) is 24.6 Å². The number of nitrogens with one attached hydrogen (secondary N) is 1. The second-order valence-corrected chi connectivity index (χ2v) is 8.25. The standard InChI is InChI=1S/C22H23F3N4O2/c1-21(2,3)16-6-4-15(5-7-16)12-29-18(10-11-26-29)27-19(30)14-28-13-17(22(23,24)25)8-9-20(28)31/h4-11,13H,12,14H2,1-3H3,(H,27,30). The average Bonchev–Trinajstić information content (AvgIpc) is 3.09. The number of hydrogen-bond donors (Lipinski definition) is 1. The van der Waals surface area contributed by atoms with Gasteiger partial charge in [-0.05, 0) is 22.6 Å². The molecule has 0 fully saturated rings. The third-order valence-corrected chi connectivity index (χ3v) is 4.76. The monoisotopic (exact) mass is 432 g/mol. The van der Waals surface area contributed by atoms with Crippen LogP contribution in [0.15, 0.2) is 59.7 Å². The van der Waals surface area contributed by atoms with E-state index in [0.717, 1.165) is 16.2 Å². The van der Waals surface area contributed by atoms with E-state index in [1.54, 1.807) is 10.7 Å². The molecule has 0 saturated heterocycles. The molecule has 9 heteroatoms. The van der Waals surface area contributed by atoms with Gasteiger partial charge in [-0.1, -0.05) is 45.0 Å². The van der Waals surface area contributed by atoms with E-state index in [9.17, 15) is 22.8 Å². The molecule has 0 aliphatic rings. The molecule has 0 saturated carbocycles. The van der Waals surface area contributed by atoms with Gasteiger partial charge in [0.25, 0.3) is 5.56 Å². The predicted molar refractivity (Wildman–Crippen MR) is 111 cm³/mol. The first-order valence-corrected chi connectivity index (χ1v) is 9.62. The number of benzene rings is 1. The molecule has 31 heavy (non-hydrogen) atoms. The maximum Gasteiger partial charge on any atom is 0.417 e. The fourth-order valence-corrected chi connectivity index (χ4v) is 3.01. The van der Waals surface area contributed by atoms with Crippen LogP contribution in [0, 0.1) is 0 Å². The molecule has 3 rings (SSSR count). The number of aromatic nitrogens is 3. The Bertz CT molecular complexity index is 1120. The van der Waals surface area contributed by atoms with Gasteiger partial charge in [-0.3, -0.25) is 9.59 Å². The zero-order chi connectivity index (χ0) is 22.8. The molecule has 164 valence electrons. The average molecular weight is 432 g/mol. The predicted octanol–water partition coefficient (Wildman–Crippen LogP) is 4.05. The largest absolute Gasteiger partial charge is 0.417 e. The van der Waals surface area contributed by atoms with E-state index in [1.165, 1.54) is 11.8 Å². The van der Waals surface area contributed by atoms with Crippen LogP contribution in [0.2, 0.25) is 0 Å². The summed E-state index contributed by atoms with van der Waals surface area (Å²) in [5.74, 6) is -0.254. The van der Waals surface area contributed by atoms with E-state index in [1.807, 2.05) is 24.3 Å². The highest BCUT2D eigenvalue weighted by atomic mass is 19.4. The number of nitrogens with zero attached hydrogens (tertiary/aromatic N) is 3. The molecule has 6 nitrogen and oxygen atoms in total. The molecular formula is C22H23F3N4O2. The number of pyridine rings is 1. The van der Waals surface area contributed by atoms with Gasteiger partial charge in [-0.2, -0.15) is 18.3 Å². The fraction of sp³-hybridized carbons (Fsp3) is 0.318. The van der Waals surface area contributed by atoms with E-state index < -0.39 is 29.8 Å². The van der Waals surface area contributed by atoms with E-state index >= 15 is 0 Å². The molecule has 0 aliphatic carbocycles. The van der Waals surface area contributed by atoms with Gasteiger partial charge in [0.2, 0.25) is 5.91 Å². The summed E-state index contributed by atoms with van der Waals surface area (Å²) in [7, 11) is 0. The summed E-state index contributed by atoms with van der Waals surface area (Å²) in [6.07, 6.45) is -2.46. The van der Waals surface area contributed by atoms with Gasteiger partial charge in [0, 0.05) is 18.3 Å². The second-order valence-electron chi connectivity index (χ2n) is 8.25. The van der Waals surface area contributed by atoms with Crippen molar-refractivity contribution in [3.63, 3.8) is 0 Å². The summed E-state index contributed by atoms with van der Waals surface area (Å²) in [4.78, 5) is 24.2. The summed E-state index contributed by atoms with van der Waals surface area (Å²) in [6.45, 7) is 6.22. The molecule has 0 unspecified atom stereocenters. The Balaban J connectivity index is 1.71. The first-order chi connectivity index (χ1) is 14.4. The minimum absolute atomic E-state index is 0.0326. The number of amides is 1. The van der Waals surface area contributed by atoms with Crippen molar-refractivity contribution in [2.24, 2.45) is 0 Å². The van der Waals surface area contributed by atoms with Crippen LogP contribution in [-0.2, 0) is 29.5 Å². The second kappa shape index (κ2) is 8.41. The number of alkyl halides is 3. The lowest BCUT2D eigenvalue weighted by Gasteiger charge is -2.19. The number of halogens is 3.